The summed E-state index contributed by atoms with van der Waals surface area (Å²) in [5.74, 6) is -1.41. The summed E-state index contributed by atoms with van der Waals surface area (Å²) in [5, 5.41) is 10.8. The van der Waals surface area contributed by atoms with E-state index in [0.29, 0.717) is 5.56 Å². The number of hydrogen-bond donors (Lipinski definition) is 1. The number of aryl methyl sites for hydroxylation is 1. The van der Waals surface area contributed by atoms with Crippen LogP contribution in [0.25, 0.3) is 0 Å². The van der Waals surface area contributed by atoms with Gasteiger partial charge in [-0.25, -0.2) is 13.1 Å². The second-order valence-corrected chi connectivity index (χ2v) is 6.31. The minimum atomic E-state index is -3.79. The average molecular weight is 304 g/mol. The number of carbonyl (C=O) groups excluding carboxylic acids is 1. The molecule has 0 spiro atoms. The van der Waals surface area contributed by atoms with E-state index in [1.54, 1.807) is 19.1 Å². The zero-order valence-electron chi connectivity index (χ0n) is 11.4. The average Bonchev–Trinajstić information content (AvgIpc) is 2.46. The first-order chi connectivity index (χ1) is 9.90. The minimum absolute atomic E-state index is 0.0554. The van der Waals surface area contributed by atoms with E-state index in [1.165, 1.54) is 12.1 Å². The van der Waals surface area contributed by atoms with Gasteiger partial charge in [0.15, 0.2) is 0 Å². The number of rotatable bonds is 5. The molecule has 0 unspecified atom stereocenters. The molecule has 0 radical (unpaired) electrons. The van der Waals surface area contributed by atoms with E-state index in [1.807, 2.05) is 18.2 Å². The largest absolute Gasteiger partial charge is 0.545 e. The Bertz CT molecular complexity index is 754. The standard InChI is InChI=1S/C15H15NO4S/c1-11-7-8-13(15(17)18)9-14(11)21(19,20)16-10-12-5-3-2-4-6-12/h2-9,16H,10H2,1H3,(H,17,18)/p-1. The molecule has 0 atom stereocenters. The highest BCUT2D eigenvalue weighted by atomic mass is 32.2. The zero-order chi connectivity index (χ0) is 15.5. The van der Waals surface area contributed by atoms with Gasteiger partial charge in [0.25, 0.3) is 0 Å². The number of hydrogen-bond acceptors (Lipinski definition) is 4. The Morgan fingerprint density at radius 1 is 1.14 bits per heavy atom. The van der Waals surface area contributed by atoms with Crippen LogP contribution in [0.2, 0.25) is 0 Å². The second kappa shape index (κ2) is 6.07. The van der Waals surface area contributed by atoms with E-state index in [9.17, 15) is 18.3 Å². The summed E-state index contributed by atoms with van der Waals surface area (Å²) < 4.78 is 27.0. The van der Waals surface area contributed by atoms with Crippen LogP contribution in [0.5, 0.6) is 0 Å². The molecule has 0 aliphatic carbocycles. The summed E-state index contributed by atoms with van der Waals surface area (Å²) in [5.41, 5.74) is 1.12. The van der Waals surface area contributed by atoms with Crippen LogP contribution in [0.15, 0.2) is 53.4 Å². The predicted molar refractivity (Wildman–Crippen MR) is 76.0 cm³/mol. The third-order valence-electron chi connectivity index (χ3n) is 3.02. The molecule has 0 heterocycles. The van der Waals surface area contributed by atoms with Crippen LogP contribution in [0, 0.1) is 6.92 Å². The minimum Gasteiger partial charge on any atom is -0.545 e. The van der Waals surface area contributed by atoms with Crippen molar-refractivity contribution < 1.29 is 18.3 Å². The summed E-state index contributed by atoms with van der Waals surface area (Å²) in [6, 6.07) is 12.9. The third-order valence-corrected chi connectivity index (χ3v) is 4.57. The molecule has 0 aliphatic rings. The molecule has 2 aromatic carbocycles. The van der Waals surface area contributed by atoms with Gasteiger partial charge in [-0.3, -0.25) is 0 Å². The molecular weight excluding hydrogens is 290 g/mol. The fourth-order valence-electron chi connectivity index (χ4n) is 1.87. The molecule has 0 amide bonds. The maximum atomic E-state index is 12.3. The van der Waals surface area contributed by atoms with Crippen LogP contribution in [0.4, 0.5) is 0 Å². The van der Waals surface area contributed by atoms with E-state index in [0.717, 1.165) is 11.6 Å². The number of sulfonamides is 1. The Morgan fingerprint density at radius 2 is 1.81 bits per heavy atom. The quantitative estimate of drug-likeness (QED) is 0.886. The number of carbonyl (C=O) groups is 1. The normalized spacial score (nSPS) is 11.3. The van der Waals surface area contributed by atoms with Gasteiger partial charge in [0, 0.05) is 6.54 Å². The molecule has 0 aromatic heterocycles. The lowest BCUT2D eigenvalue weighted by Gasteiger charge is -2.11. The maximum Gasteiger partial charge on any atom is 0.241 e. The highest BCUT2D eigenvalue weighted by molar-refractivity contribution is 7.89. The van der Waals surface area contributed by atoms with Crippen molar-refractivity contribution in [3.05, 3.63) is 65.2 Å². The SMILES string of the molecule is Cc1ccc(C(=O)[O-])cc1S(=O)(=O)NCc1ccccc1. The summed E-state index contributed by atoms with van der Waals surface area (Å²) in [4.78, 5) is 10.8. The smallest absolute Gasteiger partial charge is 0.241 e. The van der Waals surface area contributed by atoms with Crippen molar-refractivity contribution in [2.45, 2.75) is 18.4 Å². The van der Waals surface area contributed by atoms with E-state index in [4.69, 9.17) is 0 Å². The number of carboxylic acids is 1. The molecule has 110 valence electrons. The number of aromatic carboxylic acids is 1. The van der Waals surface area contributed by atoms with E-state index in [-0.39, 0.29) is 17.0 Å². The van der Waals surface area contributed by atoms with Gasteiger partial charge in [-0.15, -0.1) is 0 Å². The van der Waals surface area contributed by atoms with Crippen molar-refractivity contribution in [3.63, 3.8) is 0 Å². The molecule has 0 bridgehead atoms. The second-order valence-electron chi connectivity index (χ2n) is 4.58. The van der Waals surface area contributed by atoms with E-state index >= 15 is 0 Å². The Morgan fingerprint density at radius 3 is 2.43 bits per heavy atom. The summed E-state index contributed by atoms with van der Waals surface area (Å²) in [7, 11) is -3.79. The third kappa shape index (κ3) is 3.68. The van der Waals surface area contributed by atoms with Crippen molar-refractivity contribution >= 4 is 16.0 Å². The summed E-state index contributed by atoms with van der Waals surface area (Å²) in [6.45, 7) is 1.74. The summed E-state index contributed by atoms with van der Waals surface area (Å²) >= 11 is 0. The predicted octanol–water partition coefficient (Wildman–Crippen LogP) is 0.837. The monoisotopic (exact) mass is 304 g/mol. The molecule has 0 fully saturated rings. The van der Waals surface area contributed by atoms with Gasteiger partial charge in [-0.1, -0.05) is 42.5 Å². The van der Waals surface area contributed by atoms with Gasteiger partial charge in [-0.05, 0) is 29.7 Å². The van der Waals surface area contributed by atoms with E-state index in [2.05, 4.69) is 4.72 Å². The molecule has 0 saturated carbocycles. The Kier molecular flexibility index (Phi) is 4.40. The van der Waals surface area contributed by atoms with Gasteiger partial charge in [0.05, 0.1) is 10.9 Å². The highest BCUT2D eigenvalue weighted by Gasteiger charge is 2.17. The lowest BCUT2D eigenvalue weighted by Crippen LogP contribution is -2.26. The Hall–Kier alpha value is -2.18. The fourth-order valence-corrected chi connectivity index (χ4v) is 3.15. The number of nitrogens with one attached hydrogen (secondary N) is 1. The summed E-state index contributed by atoms with van der Waals surface area (Å²) in [6.07, 6.45) is 0. The van der Waals surface area contributed by atoms with Gasteiger partial charge < -0.3 is 9.90 Å². The van der Waals surface area contributed by atoms with Crippen molar-refractivity contribution in [1.29, 1.82) is 0 Å². The Balaban J connectivity index is 2.27. The van der Waals surface area contributed by atoms with Gasteiger partial charge >= 0.3 is 0 Å². The van der Waals surface area contributed by atoms with Crippen molar-refractivity contribution in [3.8, 4) is 0 Å². The van der Waals surface area contributed by atoms with Gasteiger partial charge in [0.2, 0.25) is 10.0 Å². The van der Waals surface area contributed by atoms with Crippen molar-refractivity contribution in [2.24, 2.45) is 0 Å². The molecule has 2 aromatic rings. The molecule has 1 N–H and O–H groups in total. The van der Waals surface area contributed by atoms with Gasteiger partial charge in [-0.2, -0.15) is 0 Å². The molecule has 21 heavy (non-hydrogen) atoms. The lowest BCUT2D eigenvalue weighted by atomic mass is 10.1. The number of carboxylic acid groups (broad SMARTS) is 1. The molecule has 0 saturated heterocycles. The van der Waals surface area contributed by atoms with Crippen molar-refractivity contribution in [1.82, 2.24) is 4.72 Å². The maximum absolute atomic E-state index is 12.3. The molecule has 6 heteroatoms. The lowest BCUT2D eigenvalue weighted by molar-refractivity contribution is -0.255. The van der Waals surface area contributed by atoms with Crippen LogP contribution < -0.4 is 9.83 Å². The first-order valence-corrected chi connectivity index (χ1v) is 7.74. The van der Waals surface area contributed by atoms with Crippen LogP contribution in [-0.2, 0) is 16.6 Å². The first-order valence-electron chi connectivity index (χ1n) is 6.26. The zero-order valence-corrected chi connectivity index (χ0v) is 12.2. The molecule has 0 aliphatic heterocycles. The Labute approximate surface area is 123 Å². The first kappa shape index (κ1) is 15.2. The van der Waals surface area contributed by atoms with Crippen LogP contribution in [0.1, 0.15) is 21.5 Å². The van der Waals surface area contributed by atoms with Crippen molar-refractivity contribution in [2.75, 3.05) is 0 Å². The van der Waals surface area contributed by atoms with Gasteiger partial charge in [0.1, 0.15) is 0 Å². The molecule has 2 rings (SSSR count). The topological polar surface area (TPSA) is 86.3 Å². The number of benzene rings is 2. The molecular formula is C15H14NO4S-. The van der Waals surface area contributed by atoms with E-state index < -0.39 is 16.0 Å². The molecule has 5 nitrogen and oxygen atoms in total. The van der Waals surface area contributed by atoms with Crippen LogP contribution >= 0.6 is 0 Å². The fraction of sp³-hybridized carbons (Fsp3) is 0.133. The van der Waals surface area contributed by atoms with Crippen LogP contribution in [0.3, 0.4) is 0 Å². The highest BCUT2D eigenvalue weighted by Crippen LogP contribution is 2.17. The van der Waals surface area contributed by atoms with Crippen LogP contribution in [-0.4, -0.2) is 14.4 Å².